The van der Waals surface area contributed by atoms with Crippen molar-refractivity contribution in [3.05, 3.63) is 23.7 Å². The summed E-state index contributed by atoms with van der Waals surface area (Å²) in [6.45, 7) is 12.5. The molecule has 0 bridgehead atoms. The third kappa shape index (κ3) is 5.27. The second-order valence-corrected chi connectivity index (χ2v) is 6.31. The quantitative estimate of drug-likeness (QED) is 0.625. The predicted molar refractivity (Wildman–Crippen MR) is 95.9 cm³/mol. The largest absolute Gasteiger partial charge is 0.464 e. The highest BCUT2D eigenvalue weighted by molar-refractivity contribution is 5.80. The van der Waals surface area contributed by atoms with Gasteiger partial charge in [-0.25, -0.2) is 0 Å². The van der Waals surface area contributed by atoms with Gasteiger partial charge in [-0.15, -0.1) is 0 Å². The fraction of sp³-hybridized carbons (Fsp3) is 0.722. The van der Waals surface area contributed by atoms with Crippen molar-refractivity contribution >= 4 is 5.96 Å². The van der Waals surface area contributed by atoms with E-state index < -0.39 is 0 Å². The predicted octanol–water partition coefficient (Wildman–Crippen LogP) is 3.08. The maximum absolute atomic E-state index is 5.70. The fourth-order valence-corrected chi connectivity index (χ4v) is 3.16. The van der Waals surface area contributed by atoms with E-state index in [9.17, 15) is 0 Å². The molecule has 1 aromatic rings. The summed E-state index contributed by atoms with van der Waals surface area (Å²) in [5.74, 6) is 2.76. The number of nitrogens with one attached hydrogen (secondary N) is 2. The van der Waals surface area contributed by atoms with Crippen molar-refractivity contribution in [1.82, 2.24) is 15.5 Å². The average molecular weight is 320 g/mol. The molecule has 0 aliphatic carbocycles. The first-order valence-corrected chi connectivity index (χ1v) is 8.99. The molecule has 1 fully saturated rings. The summed E-state index contributed by atoms with van der Waals surface area (Å²) in [5.41, 5.74) is 0. The third-order valence-corrected chi connectivity index (χ3v) is 4.50. The van der Waals surface area contributed by atoms with Crippen LogP contribution in [-0.2, 0) is 0 Å². The van der Waals surface area contributed by atoms with E-state index in [-0.39, 0.29) is 6.04 Å². The number of hydrogen-bond acceptors (Lipinski definition) is 3. The van der Waals surface area contributed by atoms with E-state index in [2.05, 4.69) is 36.3 Å². The van der Waals surface area contributed by atoms with Gasteiger partial charge in [-0.3, -0.25) is 9.89 Å². The van der Waals surface area contributed by atoms with Gasteiger partial charge in [-0.1, -0.05) is 13.3 Å². The Morgan fingerprint density at radius 3 is 2.87 bits per heavy atom. The first kappa shape index (κ1) is 17.9. The van der Waals surface area contributed by atoms with E-state index in [1.807, 2.05) is 19.1 Å². The summed E-state index contributed by atoms with van der Waals surface area (Å²) in [6.07, 6.45) is 3.90. The van der Waals surface area contributed by atoms with E-state index >= 15 is 0 Å². The van der Waals surface area contributed by atoms with Crippen molar-refractivity contribution in [3.63, 3.8) is 0 Å². The lowest BCUT2D eigenvalue weighted by molar-refractivity contribution is 0.161. The van der Waals surface area contributed by atoms with Gasteiger partial charge >= 0.3 is 0 Å². The molecule has 2 atom stereocenters. The summed E-state index contributed by atoms with van der Waals surface area (Å²) >= 11 is 0. The lowest BCUT2D eigenvalue weighted by atomic mass is 10.0. The Morgan fingerprint density at radius 2 is 2.22 bits per heavy atom. The minimum atomic E-state index is 0.107. The van der Waals surface area contributed by atoms with Crippen molar-refractivity contribution < 1.29 is 4.42 Å². The molecule has 1 aliphatic heterocycles. The smallest absolute Gasteiger partial charge is 0.191 e. The molecule has 1 saturated heterocycles. The number of guanidine groups is 1. The normalized spacial score (nSPS) is 21.2. The molecular formula is C18H32N4O. The Hall–Kier alpha value is -1.49. The number of likely N-dealkylation sites (tertiary alicyclic amines) is 1. The Kier molecular flexibility index (Phi) is 6.96. The van der Waals surface area contributed by atoms with Crippen molar-refractivity contribution in [3.8, 4) is 0 Å². The van der Waals surface area contributed by atoms with Crippen molar-refractivity contribution in [2.24, 2.45) is 4.99 Å². The molecule has 0 saturated carbocycles. The zero-order valence-corrected chi connectivity index (χ0v) is 15.1. The molecule has 2 N–H and O–H groups in total. The summed E-state index contributed by atoms with van der Waals surface area (Å²) in [7, 11) is 0. The van der Waals surface area contributed by atoms with Crippen LogP contribution in [0.4, 0.5) is 0 Å². The number of aryl methyl sites for hydroxylation is 1. The molecule has 2 unspecified atom stereocenters. The Labute approximate surface area is 140 Å². The van der Waals surface area contributed by atoms with Crippen LogP contribution >= 0.6 is 0 Å². The maximum atomic E-state index is 5.70. The molecule has 5 heteroatoms. The van der Waals surface area contributed by atoms with E-state index in [0.717, 1.165) is 37.1 Å². The number of likely N-dealkylation sites (N-methyl/N-ethyl adjacent to an activating group) is 1. The molecule has 130 valence electrons. The molecule has 0 amide bonds. The van der Waals surface area contributed by atoms with E-state index in [1.54, 1.807) is 0 Å². The van der Waals surface area contributed by atoms with Crippen LogP contribution in [0.1, 0.15) is 57.6 Å². The van der Waals surface area contributed by atoms with E-state index in [0.29, 0.717) is 6.04 Å². The molecule has 5 nitrogen and oxygen atoms in total. The average Bonchev–Trinajstić information content (AvgIpc) is 2.99. The Bertz CT molecular complexity index is 497. The highest BCUT2D eigenvalue weighted by Gasteiger charge is 2.20. The SMILES string of the molecule is CCNC(=NCC1CCCCN1CC)NC(C)c1ccc(C)o1. The van der Waals surface area contributed by atoms with Crippen LogP contribution < -0.4 is 10.6 Å². The third-order valence-electron chi connectivity index (χ3n) is 4.50. The molecule has 0 spiro atoms. The fourth-order valence-electron chi connectivity index (χ4n) is 3.16. The summed E-state index contributed by atoms with van der Waals surface area (Å²) in [5, 5.41) is 6.79. The minimum absolute atomic E-state index is 0.107. The molecule has 0 radical (unpaired) electrons. The van der Waals surface area contributed by atoms with Crippen LogP contribution in [0.15, 0.2) is 21.5 Å². The van der Waals surface area contributed by atoms with Gasteiger partial charge in [-0.05, 0) is 58.8 Å². The minimum Gasteiger partial charge on any atom is -0.464 e. The number of piperidine rings is 1. The number of nitrogens with zero attached hydrogens (tertiary/aromatic N) is 2. The van der Waals surface area contributed by atoms with Crippen molar-refractivity contribution in [2.75, 3.05) is 26.2 Å². The lowest BCUT2D eigenvalue weighted by Crippen LogP contribution is -2.43. The van der Waals surface area contributed by atoms with Gasteiger partial charge in [0.25, 0.3) is 0 Å². The van der Waals surface area contributed by atoms with Gasteiger partial charge in [0, 0.05) is 12.6 Å². The van der Waals surface area contributed by atoms with Gasteiger partial charge in [0.1, 0.15) is 11.5 Å². The van der Waals surface area contributed by atoms with Crippen LogP contribution in [0.2, 0.25) is 0 Å². The molecule has 0 aromatic carbocycles. The van der Waals surface area contributed by atoms with Gasteiger partial charge in [0.15, 0.2) is 5.96 Å². The monoisotopic (exact) mass is 320 g/mol. The van der Waals surface area contributed by atoms with Crippen molar-refractivity contribution in [2.45, 2.75) is 59.0 Å². The standard InChI is InChI=1S/C18H32N4O/c1-5-19-18(21-15(4)17-11-10-14(3)23-17)20-13-16-9-7-8-12-22(16)6-2/h10-11,15-16H,5-9,12-13H2,1-4H3,(H2,19,20,21). The highest BCUT2D eigenvalue weighted by atomic mass is 16.3. The maximum Gasteiger partial charge on any atom is 0.191 e. The zero-order chi connectivity index (χ0) is 16.7. The highest BCUT2D eigenvalue weighted by Crippen LogP contribution is 2.17. The summed E-state index contributed by atoms with van der Waals surface area (Å²) < 4.78 is 5.70. The van der Waals surface area contributed by atoms with Crippen molar-refractivity contribution in [1.29, 1.82) is 0 Å². The lowest BCUT2D eigenvalue weighted by Gasteiger charge is -2.34. The zero-order valence-electron chi connectivity index (χ0n) is 15.1. The first-order valence-electron chi connectivity index (χ1n) is 8.99. The Morgan fingerprint density at radius 1 is 1.39 bits per heavy atom. The number of furan rings is 1. The summed E-state index contributed by atoms with van der Waals surface area (Å²) in [6, 6.07) is 4.70. The van der Waals surface area contributed by atoms with Crippen LogP contribution in [-0.4, -0.2) is 43.1 Å². The van der Waals surface area contributed by atoms with Crippen LogP contribution in [0.5, 0.6) is 0 Å². The number of rotatable bonds is 6. The number of aliphatic imine (C=N–C) groups is 1. The van der Waals surface area contributed by atoms with Gasteiger partial charge < -0.3 is 15.1 Å². The first-order chi connectivity index (χ1) is 11.1. The van der Waals surface area contributed by atoms with E-state index in [1.165, 1.54) is 25.8 Å². The van der Waals surface area contributed by atoms with E-state index in [4.69, 9.17) is 9.41 Å². The topological polar surface area (TPSA) is 52.8 Å². The molecule has 1 aliphatic rings. The number of hydrogen-bond donors (Lipinski definition) is 2. The van der Waals surface area contributed by atoms with Gasteiger partial charge in [0.05, 0.1) is 12.6 Å². The van der Waals surface area contributed by atoms with Crippen LogP contribution in [0, 0.1) is 6.92 Å². The molecule has 2 heterocycles. The second-order valence-electron chi connectivity index (χ2n) is 6.31. The van der Waals surface area contributed by atoms with Gasteiger partial charge in [-0.2, -0.15) is 0 Å². The van der Waals surface area contributed by atoms with Gasteiger partial charge in [0.2, 0.25) is 0 Å². The molecular weight excluding hydrogens is 288 g/mol. The molecule has 2 rings (SSSR count). The molecule has 23 heavy (non-hydrogen) atoms. The second kappa shape index (κ2) is 8.96. The van der Waals surface area contributed by atoms with Crippen LogP contribution in [0.25, 0.3) is 0 Å². The Balaban J connectivity index is 1.96. The summed E-state index contributed by atoms with van der Waals surface area (Å²) in [4.78, 5) is 7.37. The molecule has 1 aromatic heterocycles. The van der Waals surface area contributed by atoms with Crippen LogP contribution in [0.3, 0.4) is 0 Å².